The van der Waals surface area contributed by atoms with Crippen LogP contribution in [0.1, 0.15) is 17.0 Å². The van der Waals surface area contributed by atoms with Crippen LogP contribution in [-0.4, -0.2) is 42.5 Å². The number of carbonyl (C=O) groups is 2. The Labute approximate surface area is 157 Å². The third-order valence-corrected chi connectivity index (χ3v) is 4.71. The number of carbonyl (C=O) groups excluding carboxylic acids is 2. The minimum absolute atomic E-state index is 0.0938. The van der Waals surface area contributed by atoms with E-state index in [2.05, 4.69) is 10.6 Å². The summed E-state index contributed by atoms with van der Waals surface area (Å²) < 4.78 is 12.9. The first-order chi connectivity index (χ1) is 13.0. The van der Waals surface area contributed by atoms with E-state index in [0.29, 0.717) is 13.1 Å². The van der Waals surface area contributed by atoms with Gasteiger partial charge in [-0.05, 0) is 23.3 Å². The van der Waals surface area contributed by atoms with Crippen molar-refractivity contribution in [3.63, 3.8) is 0 Å². The number of nitrogens with one attached hydrogen (secondary N) is 2. The molecule has 1 heterocycles. The summed E-state index contributed by atoms with van der Waals surface area (Å²) in [6.07, 6.45) is 0. The van der Waals surface area contributed by atoms with Crippen molar-refractivity contribution in [2.24, 2.45) is 5.73 Å². The summed E-state index contributed by atoms with van der Waals surface area (Å²) in [4.78, 5) is 25.9. The summed E-state index contributed by atoms with van der Waals surface area (Å²) in [5.41, 5.74) is 8.09. The first kappa shape index (κ1) is 18.8. The Balaban J connectivity index is 1.44. The summed E-state index contributed by atoms with van der Waals surface area (Å²) in [6, 6.07) is 15.2. The van der Waals surface area contributed by atoms with E-state index in [0.717, 1.165) is 11.1 Å². The molecule has 1 fully saturated rings. The Morgan fingerprint density at radius 3 is 2.44 bits per heavy atom. The van der Waals surface area contributed by atoms with Gasteiger partial charge in [0.1, 0.15) is 5.82 Å². The molecule has 0 aliphatic carbocycles. The lowest BCUT2D eigenvalue weighted by Gasteiger charge is -2.17. The lowest BCUT2D eigenvalue weighted by molar-refractivity contribution is -0.129. The second kappa shape index (κ2) is 8.64. The molecule has 0 bridgehead atoms. The van der Waals surface area contributed by atoms with Crippen LogP contribution in [0, 0.1) is 5.82 Å². The van der Waals surface area contributed by atoms with Crippen LogP contribution in [-0.2, 0) is 11.3 Å². The molecule has 27 heavy (non-hydrogen) atoms. The van der Waals surface area contributed by atoms with Crippen LogP contribution >= 0.6 is 0 Å². The van der Waals surface area contributed by atoms with E-state index in [9.17, 15) is 14.0 Å². The monoisotopic (exact) mass is 370 g/mol. The summed E-state index contributed by atoms with van der Waals surface area (Å²) in [5.74, 6) is -0.394. The van der Waals surface area contributed by atoms with Gasteiger partial charge in [0, 0.05) is 31.6 Å². The lowest BCUT2D eigenvalue weighted by atomic mass is 9.95. The Hall–Kier alpha value is -2.93. The topological polar surface area (TPSA) is 87.5 Å². The molecule has 2 atom stereocenters. The van der Waals surface area contributed by atoms with Gasteiger partial charge in [0.05, 0.1) is 6.54 Å². The first-order valence-electron chi connectivity index (χ1n) is 8.87. The van der Waals surface area contributed by atoms with Gasteiger partial charge in [-0.15, -0.1) is 0 Å². The Morgan fingerprint density at radius 2 is 1.74 bits per heavy atom. The van der Waals surface area contributed by atoms with E-state index < -0.39 is 6.03 Å². The standard InChI is InChI=1S/C20H23FN4O2/c21-16-8-6-14(7-9-16)10-23-20(27)24-11-19(26)25-12-17(18(22)13-25)15-4-2-1-3-5-15/h1-9,17-18H,10-13,22H2,(H2,23,24,27)/t17-,18+/m0/s1. The number of halogens is 1. The number of likely N-dealkylation sites (tertiary alicyclic amines) is 1. The third kappa shape index (κ3) is 5.04. The summed E-state index contributed by atoms with van der Waals surface area (Å²) in [5, 5.41) is 5.19. The summed E-state index contributed by atoms with van der Waals surface area (Å²) >= 11 is 0. The van der Waals surface area contributed by atoms with Gasteiger partial charge in [-0.25, -0.2) is 9.18 Å². The van der Waals surface area contributed by atoms with Gasteiger partial charge < -0.3 is 21.3 Å². The number of nitrogens with two attached hydrogens (primary N) is 1. The van der Waals surface area contributed by atoms with Gasteiger partial charge >= 0.3 is 6.03 Å². The van der Waals surface area contributed by atoms with Gasteiger partial charge in [0.15, 0.2) is 0 Å². The van der Waals surface area contributed by atoms with E-state index >= 15 is 0 Å². The quantitative estimate of drug-likeness (QED) is 0.747. The molecule has 1 aliphatic rings. The first-order valence-corrected chi connectivity index (χ1v) is 8.87. The van der Waals surface area contributed by atoms with E-state index in [1.165, 1.54) is 12.1 Å². The molecule has 0 unspecified atom stereocenters. The van der Waals surface area contributed by atoms with Gasteiger partial charge in [0.2, 0.25) is 5.91 Å². The van der Waals surface area contributed by atoms with E-state index in [-0.39, 0.29) is 36.8 Å². The highest BCUT2D eigenvalue weighted by Crippen LogP contribution is 2.26. The van der Waals surface area contributed by atoms with Crippen LogP contribution in [0.2, 0.25) is 0 Å². The van der Waals surface area contributed by atoms with Gasteiger partial charge in [-0.1, -0.05) is 42.5 Å². The molecule has 3 rings (SSSR count). The molecule has 0 radical (unpaired) electrons. The number of nitrogens with zero attached hydrogens (tertiary/aromatic N) is 1. The maximum atomic E-state index is 12.9. The predicted molar refractivity (Wildman–Crippen MR) is 100 cm³/mol. The third-order valence-electron chi connectivity index (χ3n) is 4.71. The molecular weight excluding hydrogens is 347 g/mol. The normalized spacial score (nSPS) is 19.0. The smallest absolute Gasteiger partial charge is 0.315 e. The largest absolute Gasteiger partial charge is 0.339 e. The minimum atomic E-state index is -0.448. The number of rotatable bonds is 5. The average molecular weight is 370 g/mol. The zero-order chi connectivity index (χ0) is 19.2. The molecule has 2 aromatic rings. The molecule has 1 aliphatic heterocycles. The fraction of sp³-hybridized carbons (Fsp3) is 0.300. The Morgan fingerprint density at radius 1 is 1.04 bits per heavy atom. The van der Waals surface area contributed by atoms with Crippen molar-refractivity contribution in [1.29, 1.82) is 0 Å². The van der Waals surface area contributed by atoms with Crippen LogP contribution in [0.15, 0.2) is 54.6 Å². The number of hydrogen-bond acceptors (Lipinski definition) is 3. The highest BCUT2D eigenvalue weighted by atomic mass is 19.1. The van der Waals surface area contributed by atoms with Crippen LogP contribution in [0.5, 0.6) is 0 Å². The van der Waals surface area contributed by atoms with Crippen molar-refractivity contribution in [3.8, 4) is 0 Å². The highest BCUT2D eigenvalue weighted by Gasteiger charge is 2.33. The van der Waals surface area contributed by atoms with E-state index in [1.54, 1.807) is 17.0 Å². The van der Waals surface area contributed by atoms with E-state index in [1.807, 2.05) is 30.3 Å². The van der Waals surface area contributed by atoms with Crippen LogP contribution in [0.25, 0.3) is 0 Å². The van der Waals surface area contributed by atoms with Crippen LogP contribution in [0.3, 0.4) is 0 Å². The Kier molecular flexibility index (Phi) is 6.03. The molecule has 7 heteroatoms. The number of amides is 3. The average Bonchev–Trinajstić information content (AvgIpc) is 3.08. The second-order valence-corrected chi connectivity index (χ2v) is 6.64. The predicted octanol–water partition coefficient (Wildman–Crippen LogP) is 1.58. The van der Waals surface area contributed by atoms with Crippen LogP contribution < -0.4 is 16.4 Å². The van der Waals surface area contributed by atoms with Gasteiger partial charge in [-0.2, -0.15) is 0 Å². The lowest BCUT2D eigenvalue weighted by Crippen LogP contribution is -2.43. The highest BCUT2D eigenvalue weighted by molar-refractivity contribution is 5.84. The fourth-order valence-electron chi connectivity index (χ4n) is 3.20. The molecule has 3 amide bonds. The summed E-state index contributed by atoms with van der Waals surface area (Å²) in [7, 11) is 0. The second-order valence-electron chi connectivity index (χ2n) is 6.64. The van der Waals surface area contributed by atoms with Gasteiger partial charge in [0.25, 0.3) is 0 Å². The van der Waals surface area contributed by atoms with Crippen molar-refractivity contribution in [2.75, 3.05) is 19.6 Å². The van der Waals surface area contributed by atoms with Crippen LogP contribution in [0.4, 0.5) is 9.18 Å². The van der Waals surface area contributed by atoms with E-state index in [4.69, 9.17) is 5.73 Å². The summed E-state index contributed by atoms with van der Waals surface area (Å²) in [6.45, 7) is 1.18. The molecule has 2 aromatic carbocycles. The molecule has 1 saturated heterocycles. The molecule has 142 valence electrons. The zero-order valence-electron chi connectivity index (χ0n) is 14.9. The number of hydrogen-bond donors (Lipinski definition) is 3. The SMILES string of the molecule is N[C@@H]1CN(C(=O)CNC(=O)NCc2ccc(F)cc2)C[C@H]1c1ccccc1. The maximum Gasteiger partial charge on any atom is 0.315 e. The molecule has 6 nitrogen and oxygen atoms in total. The van der Waals surface area contributed by atoms with Gasteiger partial charge in [-0.3, -0.25) is 4.79 Å². The minimum Gasteiger partial charge on any atom is -0.339 e. The molecular formula is C20H23FN4O2. The van der Waals surface area contributed by atoms with Crippen molar-refractivity contribution in [1.82, 2.24) is 15.5 Å². The number of urea groups is 1. The van der Waals surface area contributed by atoms with Crippen molar-refractivity contribution in [2.45, 2.75) is 18.5 Å². The molecule has 4 N–H and O–H groups in total. The van der Waals surface area contributed by atoms with Crippen molar-refractivity contribution < 1.29 is 14.0 Å². The zero-order valence-corrected chi connectivity index (χ0v) is 14.9. The fourth-order valence-corrected chi connectivity index (χ4v) is 3.20. The number of benzene rings is 2. The maximum absolute atomic E-state index is 12.9. The Bertz CT molecular complexity index is 782. The van der Waals surface area contributed by atoms with Crippen molar-refractivity contribution in [3.05, 3.63) is 71.5 Å². The molecule has 0 saturated carbocycles. The molecule has 0 aromatic heterocycles. The van der Waals surface area contributed by atoms with Crippen molar-refractivity contribution >= 4 is 11.9 Å². The molecule has 0 spiro atoms.